The second-order valence-electron chi connectivity index (χ2n) is 5.53. The fraction of sp³-hybridized carbons (Fsp3) is 0.0952. The van der Waals surface area contributed by atoms with Crippen molar-refractivity contribution < 1.29 is 4.79 Å². The molecule has 0 radical (unpaired) electrons. The molecule has 0 atom stereocenters. The van der Waals surface area contributed by atoms with Crippen molar-refractivity contribution in [1.29, 1.82) is 0 Å². The summed E-state index contributed by atoms with van der Waals surface area (Å²) in [6.07, 6.45) is 10.9. The largest absolute Gasteiger partial charge is 0.368 e. The molecule has 2 aromatic rings. The Morgan fingerprint density at radius 1 is 0.870 bits per heavy atom. The lowest BCUT2D eigenvalue weighted by molar-refractivity contribution is -0.121. The van der Waals surface area contributed by atoms with Crippen LogP contribution in [0, 0.1) is 0 Å². The van der Waals surface area contributed by atoms with E-state index in [1.807, 2.05) is 78.9 Å². The number of amides is 1. The first-order valence-corrected chi connectivity index (χ1v) is 7.71. The van der Waals surface area contributed by atoms with E-state index in [1.165, 1.54) is 0 Å². The number of primary amides is 1. The lowest BCUT2D eigenvalue weighted by atomic mass is 9.68. The Labute approximate surface area is 136 Å². The average molecular weight is 301 g/mol. The van der Waals surface area contributed by atoms with Crippen molar-refractivity contribution in [2.24, 2.45) is 5.73 Å². The summed E-state index contributed by atoms with van der Waals surface area (Å²) in [5.41, 5.74) is 7.63. The lowest BCUT2D eigenvalue weighted by Crippen LogP contribution is -2.43. The van der Waals surface area contributed by atoms with Crippen LogP contribution in [0.1, 0.15) is 17.5 Å². The van der Waals surface area contributed by atoms with Gasteiger partial charge in [-0.3, -0.25) is 4.79 Å². The molecule has 0 unspecified atom stereocenters. The maximum atomic E-state index is 12.8. The van der Waals surface area contributed by atoms with Crippen LogP contribution in [-0.2, 0) is 10.2 Å². The summed E-state index contributed by atoms with van der Waals surface area (Å²) in [6.45, 7) is 0. The minimum atomic E-state index is -0.992. The van der Waals surface area contributed by atoms with Gasteiger partial charge in [-0.2, -0.15) is 0 Å². The van der Waals surface area contributed by atoms with E-state index in [9.17, 15) is 4.79 Å². The number of rotatable bonds is 4. The molecule has 0 saturated heterocycles. The van der Waals surface area contributed by atoms with Gasteiger partial charge in [0.1, 0.15) is 5.41 Å². The maximum Gasteiger partial charge on any atom is 0.237 e. The van der Waals surface area contributed by atoms with Gasteiger partial charge in [0.2, 0.25) is 5.91 Å². The molecule has 0 saturated carbocycles. The maximum absolute atomic E-state index is 12.8. The predicted molar refractivity (Wildman–Crippen MR) is 93.8 cm³/mol. The van der Waals surface area contributed by atoms with E-state index in [4.69, 9.17) is 5.73 Å². The smallest absolute Gasteiger partial charge is 0.237 e. The number of allylic oxidation sites excluding steroid dienone is 5. The van der Waals surface area contributed by atoms with E-state index >= 15 is 0 Å². The number of carbonyl (C=O) groups excluding carboxylic acids is 1. The van der Waals surface area contributed by atoms with Crippen molar-refractivity contribution in [2.45, 2.75) is 11.8 Å². The third-order valence-corrected chi connectivity index (χ3v) is 4.20. The Morgan fingerprint density at radius 2 is 1.43 bits per heavy atom. The van der Waals surface area contributed by atoms with E-state index in [2.05, 4.69) is 12.2 Å². The van der Waals surface area contributed by atoms with Gasteiger partial charge in [-0.15, -0.1) is 0 Å². The van der Waals surface area contributed by atoms with Crippen molar-refractivity contribution >= 4 is 5.91 Å². The van der Waals surface area contributed by atoms with Crippen LogP contribution in [-0.4, -0.2) is 5.91 Å². The molecule has 114 valence electrons. The average Bonchev–Trinajstić information content (AvgIpc) is 2.87. The fourth-order valence-corrected chi connectivity index (χ4v) is 3.13. The van der Waals surface area contributed by atoms with Gasteiger partial charge in [0.15, 0.2) is 0 Å². The van der Waals surface area contributed by atoms with Crippen LogP contribution in [0.25, 0.3) is 0 Å². The third kappa shape index (κ3) is 2.64. The molecule has 2 nitrogen and oxygen atoms in total. The summed E-state index contributed by atoms with van der Waals surface area (Å²) >= 11 is 0. The second kappa shape index (κ2) is 6.49. The molecule has 2 N–H and O–H groups in total. The Kier molecular flexibility index (Phi) is 4.24. The van der Waals surface area contributed by atoms with E-state index in [0.717, 1.165) is 23.1 Å². The summed E-state index contributed by atoms with van der Waals surface area (Å²) in [4.78, 5) is 12.8. The third-order valence-electron chi connectivity index (χ3n) is 4.20. The van der Waals surface area contributed by atoms with Crippen LogP contribution >= 0.6 is 0 Å². The molecular formula is C21H19NO. The SMILES string of the molecule is NC(=O)C(C1=CC=CCC=C1)(c1ccccc1)c1ccccc1. The first-order valence-electron chi connectivity index (χ1n) is 7.71. The van der Waals surface area contributed by atoms with Gasteiger partial charge in [-0.25, -0.2) is 0 Å². The minimum Gasteiger partial charge on any atom is -0.368 e. The zero-order chi connectivity index (χ0) is 16.1. The molecule has 0 aromatic heterocycles. The molecule has 1 aliphatic carbocycles. The second-order valence-corrected chi connectivity index (χ2v) is 5.53. The standard InChI is InChI=1S/C21H19NO/c22-20(23)21(18-13-7-3-8-14-18,19-15-9-4-10-16-19)17-11-5-1-2-6-12-17/h1,3-16H,2H2,(H2,22,23). The zero-order valence-electron chi connectivity index (χ0n) is 12.9. The van der Waals surface area contributed by atoms with Gasteiger partial charge >= 0.3 is 0 Å². The van der Waals surface area contributed by atoms with Gasteiger partial charge < -0.3 is 5.73 Å². The van der Waals surface area contributed by atoms with Gasteiger partial charge in [-0.1, -0.05) is 91.0 Å². The summed E-state index contributed by atoms with van der Waals surface area (Å²) < 4.78 is 0. The number of nitrogens with two attached hydrogens (primary N) is 1. The number of hydrogen-bond donors (Lipinski definition) is 1. The zero-order valence-corrected chi connectivity index (χ0v) is 12.9. The van der Waals surface area contributed by atoms with Crippen molar-refractivity contribution in [3.63, 3.8) is 0 Å². The molecule has 23 heavy (non-hydrogen) atoms. The molecule has 0 aliphatic heterocycles. The van der Waals surface area contributed by atoms with Gasteiger partial charge in [0.05, 0.1) is 0 Å². The Hall–Kier alpha value is -2.87. The van der Waals surface area contributed by atoms with Crippen LogP contribution in [0.3, 0.4) is 0 Å². The topological polar surface area (TPSA) is 43.1 Å². The van der Waals surface area contributed by atoms with Crippen LogP contribution in [0.15, 0.2) is 96.6 Å². The van der Waals surface area contributed by atoms with Crippen LogP contribution in [0.2, 0.25) is 0 Å². The van der Waals surface area contributed by atoms with Crippen molar-refractivity contribution in [1.82, 2.24) is 0 Å². The van der Waals surface area contributed by atoms with Crippen molar-refractivity contribution in [2.75, 3.05) is 0 Å². The van der Waals surface area contributed by atoms with E-state index in [1.54, 1.807) is 0 Å². The first kappa shape index (κ1) is 15.0. The molecule has 0 heterocycles. The van der Waals surface area contributed by atoms with E-state index in [0.29, 0.717) is 0 Å². The van der Waals surface area contributed by atoms with Crippen LogP contribution in [0.5, 0.6) is 0 Å². The number of benzene rings is 2. The summed E-state index contributed by atoms with van der Waals surface area (Å²) in [5, 5.41) is 0. The Bertz CT molecular complexity index is 731. The Morgan fingerprint density at radius 3 is 1.96 bits per heavy atom. The number of hydrogen-bond acceptors (Lipinski definition) is 1. The molecule has 1 amide bonds. The highest BCUT2D eigenvalue weighted by atomic mass is 16.1. The monoisotopic (exact) mass is 301 g/mol. The highest BCUT2D eigenvalue weighted by Crippen LogP contribution is 2.40. The van der Waals surface area contributed by atoms with Gasteiger partial charge in [-0.05, 0) is 23.1 Å². The molecule has 2 heteroatoms. The molecule has 0 spiro atoms. The molecule has 0 bridgehead atoms. The molecule has 1 aliphatic rings. The highest BCUT2D eigenvalue weighted by Gasteiger charge is 2.42. The summed E-state index contributed by atoms with van der Waals surface area (Å²) in [5.74, 6) is -0.374. The first-order chi connectivity index (χ1) is 11.3. The quantitative estimate of drug-likeness (QED) is 0.914. The minimum absolute atomic E-state index is 0.374. The van der Waals surface area contributed by atoms with Gasteiger partial charge in [0, 0.05) is 0 Å². The van der Waals surface area contributed by atoms with Gasteiger partial charge in [0.25, 0.3) is 0 Å². The molecule has 3 rings (SSSR count). The van der Waals surface area contributed by atoms with E-state index < -0.39 is 5.41 Å². The lowest BCUT2D eigenvalue weighted by Gasteiger charge is -2.33. The van der Waals surface area contributed by atoms with Crippen LogP contribution in [0.4, 0.5) is 0 Å². The number of carbonyl (C=O) groups is 1. The predicted octanol–water partition coefficient (Wildman–Crippen LogP) is 3.90. The fourth-order valence-electron chi connectivity index (χ4n) is 3.13. The molecular weight excluding hydrogens is 282 g/mol. The Balaban J connectivity index is 2.34. The van der Waals surface area contributed by atoms with Crippen LogP contribution < -0.4 is 5.73 Å². The summed E-state index contributed by atoms with van der Waals surface area (Å²) in [6, 6.07) is 19.5. The highest BCUT2D eigenvalue weighted by molar-refractivity contribution is 5.95. The van der Waals surface area contributed by atoms with Crippen molar-refractivity contribution in [3.8, 4) is 0 Å². The molecule has 0 fully saturated rings. The molecule has 2 aromatic carbocycles. The van der Waals surface area contributed by atoms with Crippen molar-refractivity contribution in [3.05, 3.63) is 108 Å². The summed E-state index contributed by atoms with van der Waals surface area (Å²) in [7, 11) is 0. The normalized spacial score (nSPS) is 14.2. The van der Waals surface area contributed by atoms with E-state index in [-0.39, 0.29) is 5.91 Å².